The molecule has 2 amide bonds. The minimum absolute atomic E-state index is 0.0891. The number of aliphatic hydroxyl groups excluding tert-OH is 1. The lowest BCUT2D eigenvalue weighted by Crippen LogP contribution is -2.30. The number of amides is 2. The molecule has 1 rings (SSSR count). The van der Waals surface area contributed by atoms with E-state index in [0.717, 1.165) is 19.3 Å². The minimum Gasteiger partial charge on any atom is -0.491 e. The van der Waals surface area contributed by atoms with Gasteiger partial charge in [0.25, 0.3) is 5.91 Å². The number of unbranched alkanes of at least 4 members (excludes halogenated alkanes) is 14. The number of imide groups is 1. The molecule has 1 aromatic carbocycles. The fourth-order valence-corrected chi connectivity index (χ4v) is 3.81. The molecule has 0 aliphatic carbocycles. The lowest BCUT2D eigenvalue weighted by Gasteiger charge is -2.07. The Kier molecular flexibility index (Phi) is 17.4. The van der Waals surface area contributed by atoms with Crippen LogP contribution < -0.4 is 10.1 Å². The molecule has 0 aliphatic heterocycles. The van der Waals surface area contributed by atoms with E-state index in [0.29, 0.717) is 17.7 Å². The van der Waals surface area contributed by atoms with Gasteiger partial charge in [-0.15, -0.1) is 0 Å². The molecule has 5 heteroatoms. The predicted octanol–water partition coefficient (Wildman–Crippen LogP) is 6.58. The van der Waals surface area contributed by atoms with Crippen molar-refractivity contribution in [1.29, 1.82) is 0 Å². The molecule has 0 bridgehead atoms. The van der Waals surface area contributed by atoms with Gasteiger partial charge in [0.1, 0.15) is 12.4 Å². The van der Waals surface area contributed by atoms with Gasteiger partial charge in [0, 0.05) is 12.0 Å². The van der Waals surface area contributed by atoms with Crippen molar-refractivity contribution >= 4 is 11.8 Å². The summed E-state index contributed by atoms with van der Waals surface area (Å²) >= 11 is 0. The average molecular weight is 448 g/mol. The number of rotatable bonds is 20. The molecule has 32 heavy (non-hydrogen) atoms. The fourth-order valence-electron chi connectivity index (χ4n) is 3.81. The van der Waals surface area contributed by atoms with Gasteiger partial charge in [-0.1, -0.05) is 103 Å². The first-order valence-corrected chi connectivity index (χ1v) is 12.8. The van der Waals surface area contributed by atoms with Crippen molar-refractivity contribution in [3.63, 3.8) is 0 Å². The normalized spacial score (nSPS) is 10.8. The first-order chi connectivity index (χ1) is 15.7. The number of carbonyl (C=O) groups is 2. The van der Waals surface area contributed by atoms with Gasteiger partial charge in [-0.2, -0.15) is 0 Å². The molecule has 0 radical (unpaired) electrons. The molecule has 0 spiro atoms. The topological polar surface area (TPSA) is 75.6 Å². The zero-order valence-corrected chi connectivity index (χ0v) is 20.2. The first kappa shape index (κ1) is 28.2. The molecule has 0 heterocycles. The van der Waals surface area contributed by atoms with Crippen LogP contribution >= 0.6 is 0 Å². The molecule has 0 aromatic heterocycles. The maximum atomic E-state index is 12.2. The van der Waals surface area contributed by atoms with Crippen LogP contribution in [0, 0.1) is 0 Å². The molecule has 0 unspecified atom stereocenters. The van der Waals surface area contributed by atoms with Gasteiger partial charge >= 0.3 is 0 Å². The summed E-state index contributed by atoms with van der Waals surface area (Å²) in [5.74, 6) is -0.140. The summed E-state index contributed by atoms with van der Waals surface area (Å²) in [6, 6.07) is 6.62. The van der Waals surface area contributed by atoms with E-state index in [1.54, 1.807) is 24.3 Å². The highest BCUT2D eigenvalue weighted by atomic mass is 16.5. The van der Waals surface area contributed by atoms with E-state index in [-0.39, 0.29) is 19.1 Å². The standard InChI is InChI=1S/C27H45NO4/c1-2-3-4-5-6-7-8-9-10-11-12-13-14-15-16-20-26(30)28-27(31)24-18-17-19-25(23-24)32-22-21-29/h17-19,23,29H,2-16,20-22H2,1H3,(H,28,30,31). The maximum absolute atomic E-state index is 12.2. The van der Waals surface area contributed by atoms with Crippen molar-refractivity contribution in [1.82, 2.24) is 5.32 Å². The van der Waals surface area contributed by atoms with E-state index in [2.05, 4.69) is 12.2 Å². The Morgan fingerprint density at radius 1 is 0.812 bits per heavy atom. The second-order valence-corrected chi connectivity index (χ2v) is 8.68. The van der Waals surface area contributed by atoms with Crippen LogP contribution in [-0.4, -0.2) is 30.1 Å². The summed E-state index contributed by atoms with van der Waals surface area (Å²) in [7, 11) is 0. The Morgan fingerprint density at radius 3 is 1.88 bits per heavy atom. The molecule has 0 aliphatic rings. The summed E-state index contributed by atoms with van der Waals surface area (Å²) in [5.41, 5.74) is 0.380. The molecule has 0 saturated carbocycles. The second-order valence-electron chi connectivity index (χ2n) is 8.68. The number of benzene rings is 1. The lowest BCUT2D eigenvalue weighted by atomic mass is 10.0. The van der Waals surface area contributed by atoms with E-state index in [4.69, 9.17) is 9.84 Å². The summed E-state index contributed by atoms with van der Waals surface area (Å²) in [4.78, 5) is 24.2. The van der Waals surface area contributed by atoms with Crippen molar-refractivity contribution in [2.45, 2.75) is 110 Å². The largest absolute Gasteiger partial charge is 0.491 e. The molecular weight excluding hydrogens is 402 g/mol. The third kappa shape index (κ3) is 15.0. The molecule has 0 atom stereocenters. The van der Waals surface area contributed by atoms with Crippen LogP contribution in [-0.2, 0) is 4.79 Å². The Balaban J connectivity index is 1.97. The monoisotopic (exact) mass is 447 g/mol. The van der Waals surface area contributed by atoms with Crippen molar-refractivity contribution in [3.8, 4) is 5.75 Å². The predicted molar refractivity (Wildman–Crippen MR) is 131 cm³/mol. The highest BCUT2D eigenvalue weighted by molar-refractivity contribution is 6.04. The van der Waals surface area contributed by atoms with E-state index in [1.807, 2.05) is 0 Å². The fraction of sp³-hybridized carbons (Fsp3) is 0.704. The first-order valence-electron chi connectivity index (χ1n) is 12.8. The van der Waals surface area contributed by atoms with Crippen LogP contribution in [0.25, 0.3) is 0 Å². The van der Waals surface area contributed by atoms with Gasteiger partial charge in [0.2, 0.25) is 5.91 Å². The number of ether oxygens (including phenoxy) is 1. The van der Waals surface area contributed by atoms with E-state index < -0.39 is 5.91 Å². The zero-order valence-electron chi connectivity index (χ0n) is 20.2. The third-order valence-electron chi connectivity index (χ3n) is 5.72. The van der Waals surface area contributed by atoms with Crippen molar-refractivity contribution < 1.29 is 19.4 Å². The van der Waals surface area contributed by atoms with Crippen LogP contribution in [0.1, 0.15) is 120 Å². The summed E-state index contributed by atoms with van der Waals surface area (Å²) in [6.45, 7) is 2.34. The lowest BCUT2D eigenvalue weighted by molar-refractivity contribution is -0.120. The van der Waals surface area contributed by atoms with Crippen molar-refractivity contribution in [2.24, 2.45) is 0 Å². The summed E-state index contributed by atoms with van der Waals surface area (Å²) in [6.07, 6.45) is 19.7. The number of aliphatic hydroxyl groups is 1. The highest BCUT2D eigenvalue weighted by Crippen LogP contribution is 2.15. The number of hydrogen-bond donors (Lipinski definition) is 2. The van der Waals surface area contributed by atoms with Gasteiger partial charge in [-0.05, 0) is 24.6 Å². The highest BCUT2D eigenvalue weighted by Gasteiger charge is 2.11. The van der Waals surface area contributed by atoms with Gasteiger partial charge in [0.15, 0.2) is 0 Å². The zero-order chi connectivity index (χ0) is 23.3. The molecule has 182 valence electrons. The number of nitrogens with one attached hydrogen (secondary N) is 1. The minimum atomic E-state index is -0.412. The molecule has 0 saturated heterocycles. The van der Waals surface area contributed by atoms with E-state index in [1.165, 1.54) is 77.0 Å². The van der Waals surface area contributed by atoms with Gasteiger partial charge in [-0.25, -0.2) is 0 Å². The van der Waals surface area contributed by atoms with Crippen molar-refractivity contribution in [3.05, 3.63) is 29.8 Å². The molecule has 1 aromatic rings. The molecule has 2 N–H and O–H groups in total. The third-order valence-corrected chi connectivity index (χ3v) is 5.72. The molecular formula is C27H45NO4. The quantitative estimate of drug-likeness (QED) is 0.221. The Morgan fingerprint density at radius 2 is 1.34 bits per heavy atom. The second kappa shape index (κ2) is 19.8. The van der Waals surface area contributed by atoms with Crippen LogP contribution in [0.5, 0.6) is 5.75 Å². The average Bonchev–Trinajstić information content (AvgIpc) is 2.80. The Bertz CT molecular complexity index is 617. The van der Waals surface area contributed by atoms with Crippen LogP contribution in [0.2, 0.25) is 0 Å². The van der Waals surface area contributed by atoms with E-state index >= 15 is 0 Å². The van der Waals surface area contributed by atoms with Crippen molar-refractivity contribution in [2.75, 3.05) is 13.2 Å². The molecule has 0 fully saturated rings. The Hall–Kier alpha value is -1.88. The van der Waals surface area contributed by atoms with Crippen LogP contribution in [0.3, 0.4) is 0 Å². The van der Waals surface area contributed by atoms with Gasteiger partial charge < -0.3 is 9.84 Å². The smallest absolute Gasteiger partial charge is 0.257 e. The van der Waals surface area contributed by atoms with Gasteiger partial charge in [-0.3, -0.25) is 14.9 Å². The van der Waals surface area contributed by atoms with E-state index in [9.17, 15) is 9.59 Å². The van der Waals surface area contributed by atoms with Crippen LogP contribution in [0.4, 0.5) is 0 Å². The summed E-state index contributed by atoms with van der Waals surface area (Å²) < 4.78 is 5.30. The summed E-state index contributed by atoms with van der Waals surface area (Å²) in [5, 5.41) is 11.3. The Labute approximate surface area is 195 Å². The number of hydrogen-bond acceptors (Lipinski definition) is 4. The van der Waals surface area contributed by atoms with Crippen LogP contribution in [0.15, 0.2) is 24.3 Å². The maximum Gasteiger partial charge on any atom is 0.257 e. The molecule has 5 nitrogen and oxygen atoms in total. The number of carbonyl (C=O) groups excluding carboxylic acids is 2. The SMILES string of the molecule is CCCCCCCCCCCCCCCCCC(=O)NC(=O)c1cccc(OCCO)c1. The van der Waals surface area contributed by atoms with Gasteiger partial charge in [0.05, 0.1) is 6.61 Å².